The van der Waals surface area contributed by atoms with Gasteiger partial charge in [-0.15, -0.1) is 0 Å². The predicted octanol–water partition coefficient (Wildman–Crippen LogP) is 3.62. The third kappa shape index (κ3) is 5.59. The number of thiocarbonyl (C=S) groups is 1. The number of esters is 1. The molecule has 1 N–H and O–H groups in total. The normalized spacial score (nSPS) is 15.7. The first kappa shape index (κ1) is 22.7. The van der Waals surface area contributed by atoms with Crippen LogP contribution < -0.4 is 10.2 Å². The molecule has 0 saturated carbocycles. The lowest BCUT2D eigenvalue weighted by Gasteiger charge is -2.30. The van der Waals surface area contributed by atoms with Crippen molar-refractivity contribution in [1.82, 2.24) is 4.90 Å². The molecule has 1 saturated heterocycles. The Morgan fingerprint density at radius 2 is 1.87 bits per heavy atom. The summed E-state index contributed by atoms with van der Waals surface area (Å²) >= 11 is 11.5. The van der Waals surface area contributed by atoms with Gasteiger partial charge in [0.15, 0.2) is 5.11 Å². The minimum Gasteiger partial charge on any atom is -0.466 e. The van der Waals surface area contributed by atoms with Gasteiger partial charge in [-0.1, -0.05) is 29.8 Å². The van der Waals surface area contributed by atoms with Crippen molar-refractivity contribution in [2.24, 2.45) is 0 Å². The van der Waals surface area contributed by atoms with Crippen LogP contribution in [-0.2, 0) is 19.1 Å². The van der Waals surface area contributed by atoms with Crippen molar-refractivity contribution in [2.75, 3.05) is 23.4 Å². The Morgan fingerprint density at radius 1 is 1.19 bits per heavy atom. The lowest BCUT2D eigenvalue weighted by molar-refractivity contribution is -0.143. The van der Waals surface area contributed by atoms with Crippen LogP contribution in [0.1, 0.15) is 19.8 Å². The second-order valence-electron chi connectivity index (χ2n) is 6.81. The molecule has 1 aliphatic rings. The van der Waals surface area contributed by atoms with Crippen LogP contribution >= 0.6 is 23.8 Å². The summed E-state index contributed by atoms with van der Waals surface area (Å²) in [6.07, 6.45) is -0.0153. The van der Waals surface area contributed by atoms with E-state index in [4.69, 9.17) is 28.6 Å². The van der Waals surface area contributed by atoms with Crippen LogP contribution in [0.2, 0.25) is 5.02 Å². The van der Waals surface area contributed by atoms with Crippen molar-refractivity contribution in [3.63, 3.8) is 0 Å². The summed E-state index contributed by atoms with van der Waals surface area (Å²) in [5.41, 5.74) is 1.18. The fraction of sp³-hybridized carbons (Fsp3) is 0.273. The van der Waals surface area contributed by atoms with E-state index in [-0.39, 0.29) is 42.9 Å². The second-order valence-corrected chi connectivity index (χ2v) is 7.63. The molecule has 2 aromatic rings. The number of nitrogens with zero attached hydrogens (tertiary/aromatic N) is 2. The molecule has 0 radical (unpaired) electrons. The highest BCUT2D eigenvalue weighted by Crippen LogP contribution is 2.26. The average Bonchev–Trinajstić information content (AvgIpc) is 3.04. The van der Waals surface area contributed by atoms with E-state index < -0.39 is 12.0 Å². The van der Waals surface area contributed by atoms with Crippen LogP contribution in [0.5, 0.6) is 0 Å². The molecule has 1 fully saturated rings. The minimum atomic E-state index is -0.825. The number of halogens is 1. The summed E-state index contributed by atoms with van der Waals surface area (Å²) in [6, 6.07) is 14.8. The molecule has 1 atom stereocenters. The molecule has 2 amide bonds. The number of anilines is 2. The Kier molecular flexibility index (Phi) is 7.59. The van der Waals surface area contributed by atoms with Gasteiger partial charge in [0.05, 0.1) is 25.1 Å². The van der Waals surface area contributed by atoms with Crippen LogP contribution in [0.3, 0.4) is 0 Å². The Bertz CT molecular complexity index is 968. The lowest BCUT2D eigenvalue weighted by atomic mass is 10.2. The van der Waals surface area contributed by atoms with Crippen LogP contribution in [0.15, 0.2) is 54.6 Å². The number of benzene rings is 2. The summed E-state index contributed by atoms with van der Waals surface area (Å²) in [7, 11) is 0. The molecule has 0 aromatic heterocycles. The average molecular weight is 460 g/mol. The Balaban J connectivity index is 1.82. The summed E-state index contributed by atoms with van der Waals surface area (Å²) in [5, 5.41) is 3.86. The van der Waals surface area contributed by atoms with Gasteiger partial charge in [0, 0.05) is 17.3 Å². The van der Waals surface area contributed by atoms with E-state index in [1.54, 1.807) is 60.4 Å². The number of imide groups is 1. The zero-order valence-electron chi connectivity index (χ0n) is 16.9. The maximum absolute atomic E-state index is 13.2. The number of para-hydroxylation sites is 1. The van der Waals surface area contributed by atoms with Gasteiger partial charge < -0.3 is 15.0 Å². The van der Waals surface area contributed by atoms with E-state index in [1.165, 1.54) is 0 Å². The minimum absolute atomic E-state index is 0.0274. The van der Waals surface area contributed by atoms with Gasteiger partial charge in [-0.2, -0.15) is 0 Å². The molecule has 162 valence electrons. The zero-order valence-corrected chi connectivity index (χ0v) is 18.5. The lowest BCUT2D eigenvalue weighted by Crippen LogP contribution is -2.48. The van der Waals surface area contributed by atoms with Crippen molar-refractivity contribution >= 4 is 58.1 Å². The standard InChI is InChI=1S/C22H22ClN3O4S/c1-2-30-20(28)12-13-25(22(31)24-16-10-8-15(23)9-11-16)18-14-19(27)26(21(18)29)17-6-4-3-5-7-17/h3-11,18H,2,12-14H2,1H3,(H,24,31)/t18-/m1/s1. The topological polar surface area (TPSA) is 79.0 Å². The van der Waals surface area contributed by atoms with E-state index in [9.17, 15) is 14.4 Å². The Hall–Kier alpha value is -2.97. The first-order valence-electron chi connectivity index (χ1n) is 9.81. The summed E-state index contributed by atoms with van der Waals surface area (Å²) in [6.45, 7) is 2.11. The molecule has 7 nitrogen and oxygen atoms in total. The zero-order chi connectivity index (χ0) is 22.4. The SMILES string of the molecule is CCOC(=O)CCN(C(=S)Nc1ccc(Cl)cc1)[C@@H]1CC(=O)N(c2ccccc2)C1=O. The Morgan fingerprint density at radius 3 is 2.52 bits per heavy atom. The quantitative estimate of drug-likeness (QED) is 0.385. The van der Waals surface area contributed by atoms with Crippen molar-refractivity contribution in [3.8, 4) is 0 Å². The molecular formula is C22H22ClN3O4S. The number of amides is 2. The molecular weight excluding hydrogens is 438 g/mol. The van der Waals surface area contributed by atoms with Gasteiger partial charge in [-0.3, -0.25) is 14.4 Å². The molecule has 0 unspecified atom stereocenters. The summed E-state index contributed by atoms with van der Waals surface area (Å²) in [5.74, 6) is -1.12. The van der Waals surface area contributed by atoms with E-state index in [2.05, 4.69) is 5.32 Å². The fourth-order valence-corrected chi connectivity index (χ4v) is 3.74. The highest BCUT2D eigenvalue weighted by Gasteiger charge is 2.43. The summed E-state index contributed by atoms with van der Waals surface area (Å²) in [4.78, 5) is 40.5. The molecule has 9 heteroatoms. The fourth-order valence-electron chi connectivity index (χ4n) is 3.28. The number of hydrogen-bond donors (Lipinski definition) is 1. The first-order chi connectivity index (χ1) is 14.9. The van der Waals surface area contributed by atoms with Crippen molar-refractivity contribution in [2.45, 2.75) is 25.8 Å². The molecule has 1 heterocycles. The van der Waals surface area contributed by atoms with Crippen LogP contribution in [-0.4, -0.2) is 47.0 Å². The summed E-state index contributed by atoms with van der Waals surface area (Å²) < 4.78 is 5.00. The maximum Gasteiger partial charge on any atom is 0.307 e. The number of carbonyl (C=O) groups excluding carboxylic acids is 3. The van der Waals surface area contributed by atoms with Crippen molar-refractivity contribution in [3.05, 3.63) is 59.6 Å². The van der Waals surface area contributed by atoms with Gasteiger partial charge in [0.25, 0.3) is 5.91 Å². The van der Waals surface area contributed by atoms with Crippen molar-refractivity contribution in [1.29, 1.82) is 0 Å². The number of rotatable bonds is 7. The van der Waals surface area contributed by atoms with E-state index >= 15 is 0 Å². The van der Waals surface area contributed by atoms with Gasteiger partial charge in [0.1, 0.15) is 6.04 Å². The third-order valence-corrected chi connectivity index (χ3v) is 5.32. The van der Waals surface area contributed by atoms with Gasteiger partial charge >= 0.3 is 5.97 Å². The van der Waals surface area contributed by atoms with Gasteiger partial charge in [0.2, 0.25) is 5.91 Å². The third-order valence-electron chi connectivity index (χ3n) is 4.73. The highest BCUT2D eigenvalue weighted by atomic mass is 35.5. The molecule has 3 rings (SSSR count). The van der Waals surface area contributed by atoms with Gasteiger partial charge in [-0.25, -0.2) is 4.90 Å². The predicted molar refractivity (Wildman–Crippen MR) is 123 cm³/mol. The first-order valence-corrected chi connectivity index (χ1v) is 10.6. The Labute approximate surface area is 190 Å². The number of nitrogens with one attached hydrogen (secondary N) is 1. The monoisotopic (exact) mass is 459 g/mol. The molecule has 31 heavy (non-hydrogen) atoms. The molecule has 0 bridgehead atoms. The largest absolute Gasteiger partial charge is 0.466 e. The number of carbonyl (C=O) groups is 3. The van der Waals surface area contributed by atoms with Crippen LogP contribution in [0.4, 0.5) is 11.4 Å². The smallest absolute Gasteiger partial charge is 0.307 e. The van der Waals surface area contributed by atoms with Crippen LogP contribution in [0.25, 0.3) is 0 Å². The molecule has 0 spiro atoms. The highest BCUT2D eigenvalue weighted by molar-refractivity contribution is 7.80. The molecule has 0 aliphatic carbocycles. The maximum atomic E-state index is 13.2. The van der Waals surface area contributed by atoms with E-state index in [0.717, 1.165) is 4.90 Å². The molecule has 2 aromatic carbocycles. The van der Waals surface area contributed by atoms with Gasteiger partial charge in [-0.05, 0) is 55.5 Å². The van der Waals surface area contributed by atoms with E-state index in [1.807, 2.05) is 6.07 Å². The second kappa shape index (κ2) is 10.4. The number of ether oxygens (including phenoxy) is 1. The molecule has 1 aliphatic heterocycles. The van der Waals surface area contributed by atoms with Crippen LogP contribution in [0, 0.1) is 0 Å². The van der Waals surface area contributed by atoms with E-state index in [0.29, 0.717) is 16.4 Å². The number of hydrogen-bond acceptors (Lipinski definition) is 5. The van der Waals surface area contributed by atoms with Crippen molar-refractivity contribution < 1.29 is 19.1 Å².